The maximum absolute atomic E-state index is 11.7. The van der Waals surface area contributed by atoms with E-state index in [-0.39, 0.29) is 24.9 Å². The fraction of sp³-hybridized carbons (Fsp3) is 0.208. The molecule has 2 heterocycles. The molecule has 3 aromatic rings. The number of carbonyl (C=O) groups excluding carboxylic acids is 1. The molecule has 0 bridgehead atoms. The van der Waals surface area contributed by atoms with E-state index in [1.807, 2.05) is 36.4 Å². The highest BCUT2D eigenvalue weighted by molar-refractivity contribution is 5.92. The quantitative estimate of drug-likeness (QED) is 0.575. The highest BCUT2D eigenvalue weighted by Gasteiger charge is 2.21. The summed E-state index contributed by atoms with van der Waals surface area (Å²) in [4.78, 5) is 26.4. The van der Waals surface area contributed by atoms with E-state index in [1.165, 1.54) is 11.8 Å². The first-order valence-corrected chi connectivity index (χ1v) is 10.1. The number of pyridine rings is 1. The first-order chi connectivity index (χ1) is 15.1. The van der Waals surface area contributed by atoms with Crippen molar-refractivity contribution in [2.24, 2.45) is 0 Å². The van der Waals surface area contributed by atoms with Crippen molar-refractivity contribution in [2.75, 3.05) is 5.32 Å². The van der Waals surface area contributed by atoms with Gasteiger partial charge in [0.15, 0.2) is 0 Å². The van der Waals surface area contributed by atoms with Gasteiger partial charge in [-0.3, -0.25) is 9.59 Å². The summed E-state index contributed by atoms with van der Waals surface area (Å²) in [6.45, 7) is 0. The van der Waals surface area contributed by atoms with Gasteiger partial charge >= 0.3 is 5.97 Å². The zero-order valence-electron chi connectivity index (χ0n) is 16.8. The van der Waals surface area contributed by atoms with Crippen molar-refractivity contribution < 1.29 is 24.2 Å². The highest BCUT2D eigenvalue weighted by Crippen LogP contribution is 2.37. The highest BCUT2D eigenvalue weighted by atomic mass is 16.5. The summed E-state index contributed by atoms with van der Waals surface area (Å²) in [6.07, 6.45) is 3.01. The van der Waals surface area contributed by atoms with E-state index in [0.717, 1.165) is 24.2 Å². The van der Waals surface area contributed by atoms with Crippen LogP contribution in [-0.2, 0) is 16.0 Å². The van der Waals surface area contributed by atoms with Crippen LogP contribution in [0.4, 0.5) is 5.69 Å². The molecule has 0 radical (unpaired) electrons. The van der Waals surface area contributed by atoms with E-state index in [2.05, 4.69) is 22.4 Å². The number of benzene rings is 2. The van der Waals surface area contributed by atoms with E-state index in [0.29, 0.717) is 17.3 Å². The Morgan fingerprint density at radius 3 is 2.68 bits per heavy atom. The molecule has 2 N–H and O–H groups in total. The number of aliphatic carboxylic acids is 1. The number of carboxylic acid groups (broad SMARTS) is 1. The van der Waals surface area contributed by atoms with Crippen LogP contribution >= 0.6 is 0 Å². The number of fused-ring (bicyclic) bond motifs is 1. The topological polar surface area (TPSA) is 97.8 Å². The minimum Gasteiger partial charge on any atom is -0.485 e. The molecule has 0 saturated heterocycles. The number of ether oxygens (including phenoxy) is 2. The average Bonchev–Trinajstić information content (AvgIpc) is 2.79. The smallest absolute Gasteiger partial charge is 0.303 e. The first-order valence-electron chi connectivity index (χ1n) is 10.1. The molecule has 0 fully saturated rings. The van der Waals surface area contributed by atoms with Crippen molar-refractivity contribution >= 4 is 17.6 Å². The third-order valence-electron chi connectivity index (χ3n) is 4.96. The van der Waals surface area contributed by atoms with Crippen LogP contribution in [-0.4, -0.2) is 22.0 Å². The number of hydrogen-bond donors (Lipinski definition) is 2. The number of aryl methyl sites for hydroxylation is 1. The predicted molar refractivity (Wildman–Crippen MR) is 114 cm³/mol. The van der Waals surface area contributed by atoms with Crippen LogP contribution in [0.25, 0.3) is 0 Å². The Kier molecular flexibility index (Phi) is 6.12. The van der Waals surface area contributed by atoms with Gasteiger partial charge in [-0.15, -0.1) is 0 Å². The Morgan fingerprint density at radius 1 is 1.10 bits per heavy atom. The normalized spacial score (nSPS) is 14.8. The Balaban J connectivity index is 1.36. The Labute approximate surface area is 179 Å². The number of carboxylic acids is 1. The standard InChI is InChI=1S/C24H22N2O5/c27-22(11-13-24(28)29)26-18-7-12-23(25-15-18)30-19-8-10-21-17(14-19)6-9-20(31-21)16-4-2-1-3-5-16/h1-5,7-8,10,12,14-15,20H,6,9,11,13H2,(H,26,27)(H,28,29). The molecule has 1 aromatic heterocycles. The minimum absolute atomic E-state index is 0.0559. The lowest BCUT2D eigenvalue weighted by molar-refractivity contribution is -0.138. The van der Waals surface area contributed by atoms with Gasteiger partial charge < -0.3 is 19.9 Å². The van der Waals surface area contributed by atoms with E-state index in [1.54, 1.807) is 12.1 Å². The van der Waals surface area contributed by atoms with E-state index < -0.39 is 5.97 Å². The largest absolute Gasteiger partial charge is 0.485 e. The van der Waals surface area contributed by atoms with Crippen molar-refractivity contribution in [1.82, 2.24) is 4.98 Å². The average molecular weight is 418 g/mol. The number of nitrogens with one attached hydrogen (secondary N) is 1. The molecular weight excluding hydrogens is 396 g/mol. The number of carbonyl (C=O) groups is 2. The Morgan fingerprint density at radius 2 is 1.94 bits per heavy atom. The second kappa shape index (κ2) is 9.30. The number of amides is 1. The number of anilines is 1. The lowest BCUT2D eigenvalue weighted by atomic mass is 9.97. The van der Waals surface area contributed by atoms with Crippen molar-refractivity contribution in [3.8, 4) is 17.4 Å². The lowest BCUT2D eigenvalue weighted by Gasteiger charge is -2.26. The molecule has 158 valence electrons. The van der Waals surface area contributed by atoms with Crippen molar-refractivity contribution in [3.63, 3.8) is 0 Å². The predicted octanol–water partition coefficient (Wildman–Crippen LogP) is 4.74. The van der Waals surface area contributed by atoms with Gasteiger partial charge in [0.05, 0.1) is 18.3 Å². The van der Waals surface area contributed by atoms with Gasteiger partial charge in [-0.25, -0.2) is 4.98 Å². The van der Waals surface area contributed by atoms with E-state index in [9.17, 15) is 9.59 Å². The van der Waals surface area contributed by atoms with Gasteiger partial charge in [0.25, 0.3) is 0 Å². The van der Waals surface area contributed by atoms with Crippen molar-refractivity contribution in [1.29, 1.82) is 0 Å². The lowest BCUT2D eigenvalue weighted by Crippen LogP contribution is -2.15. The zero-order chi connectivity index (χ0) is 21.6. The zero-order valence-corrected chi connectivity index (χ0v) is 16.8. The molecule has 0 saturated carbocycles. The third kappa shape index (κ3) is 5.39. The Hall–Kier alpha value is -3.87. The fourth-order valence-electron chi connectivity index (χ4n) is 3.41. The third-order valence-corrected chi connectivity index (χ3v) is 4.96. The maximum Gasteiger partial charge on any atom is 0.303 e. The van der Waals surface area contributed by atoms with E-state index in [4.69, 9.17) is 14.6 Å². The Bertz CT molecular complexity index is 1070. The van der Waals surface area contributed by atoms with Crippen molar-refractivity contribution in [3.05, 3.63) is 78.0 Å². The maximum atomic E-state index is 11.7. The molecule has 1 aliphatic heterocycles. The number of hydrogen-bond acceptors (Lipinski definition) is 5. The van der Waals surface area contributed by atoms with Gasteiger partial charge in [0, 0.05) is 12.5 Å². The molecule has 1 unspecified atom stereocenters. The van der Waals surface area contributed by atoms with Crippen LogP contribution < -0.4 is 14.8 Å². The second-order valence-corrected chi connectivity index (χ2v) is 7.25. The van der Waals surface area contributed by atoms with Crippen LogP contribution in [0.2, 0.25) is 0 Å². The molecule has 2 aromatic carbocycles. The molecule has 0 spiro atoms. The molecule has 7 heteroatoms. The van der Waals surface area contributed by atoms with Gasteiger partial charge in [0.2, 0.25) is 11.8 Å². The molecular formula is C24H22N2O5. The van der Waals surface area contributed by atoms with Crippen LogP contribution in [0.15, 0.2) is 66.9 Å². The number of rotatable bonds is 7. The number of aromatic nitrogens is 1. The molecule has 1 amide bonds. The fourth-order valence-corrected chi connectivity index (χ4v) is 3.41. The molecule has 7 nitrogen and oxygen atoms in total. The molecule has 1 aliphatic rings. The molecule has 31 heavy (non-hydrogen) atoms. The molecule has 0 aliphatic carbocycles. The summed E-state index contributed by atoms with van der Waals surface area (Å²) in [5.74, 6) is 0.526. The summed E-state index contributed by atoms with van der Waals surface area (Å²) < 4.78 is 12.0. The molecule has 1 atom stereocenters. The van der Waals surface area contributed by atoms with Gasteiger partial charge in [0.1, 0.15) is 17.6 Å². The number of nitrogens with zero attached hydrogens (tertiary/aromatic N) is 1. The summed E-state index contributed by atoms with van der Waals surface area (Å²) in [5, 5.41) is 11.2. The summed E-state index contributed by atoms with van der Waals surface area (Å²) in [7, 11) is 0. The van der Waals surface area contributed by atoms with E-state index >= 15 is 0 Å². The summed E-state index contributed by atoms with van der Waals surface area (Å²) in [6, 6.07) is 19.2. The van der Waals surface area contributed by atoms with Gasteiger partial charge in [-0.05, 0) is 48.2 Å². The SMILES string of the molecule is O=C(O)CCC(=O)Nc1ccc(Oc2ccc3c(c2)CCC(c2ccccc2)O3)nc1. The van der Waals surface area contributed by atoms with Gasteiger partial charge in [-0.1, -0.05) is 30.3 Å². The van der Waals surface area contributed by atoms with Crippen LogP contribution in [0.1, 0.15) is 36.5 Å². The van der Waals surface area contributed by atoms with Gasteiger partial charge in [-0.2, -0.15) is 0 Å². The van der Waals surface area contributed by atoms with Crippen molar-refractivity contribution in [2.45, 2.75) is 31.8 Å². The summed E-state index contributed by atoms with van der Waals surface area (Å²) >= 11 is 0. The van der Waals surface area contributed by atoms with Crippen LogP contribution in [0, 0.1) is 0 Å². The minimum atomic E-state index is -1.01. The summed E-state index contributed by atoms with van der Waals surface area (Å²) in [5.41, 5.74) is 2.74. The first kappa shape index (κ1) is 20.4. The molecule has 4 rings (SSSR count). The second-order valence-electron chi connectivity index (χ2n) is 7.25. The van der Waals surface area contributed by atoms with Crippen LogP contribution in [0.3, 0.4) is 0 Å². The monoisotopic (exact) mass is 418 g/mol. The van der Waals surface area contributed by atoms with Crippen LogP contribution in [0.5, 0.6) is 17.4 Å².